The average Bonchev–Trinajstić information content (AvgIpc) is 2.32. The standard InChI is InChI=1S/C15H23BrFN/c1-5-8-18-15(10(2)3)11(4)13-9-12(16)6-7-14(13)17/h6-7,9-11,15,18H,5,8H2,1-4H3. The van der Waals surface area contributed by atoms with Crippen LogP contribution in [-0.4, -0.2) is 12.6 Å². The molecule has 0 saturated carbocycles. The second-order valence-corrected chi connectivity index (χ2v) is 6.09. The molecule has 3 heteroatoms. The molecule has 1 rings (SSSR count). The van der Waals surface area contributed by atoms with Crippen LogP contribution in [0, 0.1) is 11.7 Å². The summed E-state index contributed by atoms with van der Waals surface area (Å²) in [5.41, 5.74) is 0.784. The highest BCUT2D eigenvalue weighted by Gasteiger charge is 2.23. The summed E-state index contributed by atoms with van der Waals surface area (Å²) in [6.45, 7) is 9.58. The molecule has 102 valence electrons. The summed E-state index contributed by atoms with van der Waals surface area (Å²) < 4.78 is 14.9. The lowest BCUT2D eigenvalue weighted by molar-refractivity contribution is 0.348. The van der Waals surface area contributed by atoms with Gasteiger partial charge in [-0.3, -0.25) is 0 Å². The van der Waals surface area contributed by atoms with Gasteiger partial charge in [0.15, 0.2) is 0 Å². The third kappa shape index (κ3) is 4.06. The molecular weight excluding hydrogens is 293 g/mol. The van der Waals surface area contributed by atoms with Crippen LogP contribution in [0.1, 0.15) is 45.6 Å². The van der Waals surface area contributed by atoms with E-state index >= 15 is 0 Å². The Morgan fingerprint density at radius 2 is 1.94 bits per heavy atom. The molecule has 0 aromatic heterocycles. The average molecular weight is 316 g/mol. The Labute approximate surface area is 118 Å². The van der Waals surface area contributed by atoms with Crippen LogP contribution < -0.4 is 5.32 Å². The van der Waals surface area contributed by atoms with Crippen molar-refractivity contribution in [2.24, 2.45) is 5.92 Å². The van der Waals surface area contributed by atoms with Crippen molar-refractivity contribution in [1.29, 1.82) is 0 Å². The second-order valence-electron chi connectivity index (χ2n) is 5.18. The Bertz CT molecular complexity index is 379. The molecular formula is C15H23BrFN. The zero-order chi connectivity index (χ0) is 13.7. The van der Waals surface area contributed by atoms with E-state index in [9.17, 15) is 4.39 Å². The minimum Gasteiger partial charge on any atom is -0.313 e. The van der Waals surface area contributed by atoms with Crippen molar-refractivity contribution in [2.75, 3.05) is 6.54 Å². The smallest absolute Gasteiger partial charge is 0.126 e. The molecule has 0 heterocycles. The zero-order valence-corrected chi connectivity index (χ0v) is 13.2. The van der Waals surface area contributed by atoms with Crippen LogP contribution in [0.4, 0.5) is 4.39 Å². The third-order valence-corrected chi connectivity index (χ3v) is 3.83. The van der Waals surface area contributed by atoms with Gasteiger partial charge < -0.3 is 5.32 Å². The summed E-state index contributed by atoms with van der Waals surface area (Å²) in [6.07, 6.45) is 1.09. The summed E-state index contributed by atoms with van der Waals surface area (Å²) in [4.78, 5) is 0. The summed E-state index contributed by atoms with van der Waals surface area (Å²) in [6, 6.07) is 5.47. The van der Waals surface area contributed by atoms with Gasteiger partial charge >= 0.3 is 0 Å². The Hall–Kier alpha value is -0.410. The molecule has 0 amide bonds. The maximum absolute atomic E-state index is 13.9. The van der Waals surface area contributed by atoms with Crippen LogP contribution in [0.15, 0.2) is 22.7 Å². The Morgan fingerprint density at radius 3 is 2.50 bits per heavy atom. The van der Waals surface area contributed by atoms with Gasteiger partial charge in [0.1, 0.15) is 5.82 Å². The maximum Gasteiger partial charge on any atom is 0.126 e. The van der Waals surface area contributed by atoms with E-state index in [1.807, 2.05) is 6.07 Å². The zero-order valence-electron chi connectivity index (χ0n) is 11.6. The molecule has 0 fully saturated rings. The van der Waals surface area contributed by atoms with Crippen LogP contribution in [0.5, 0.6) is 0 Å². The van der Waals surface area contributed by atoms with Crippen molar-refractivity contribution in [1.82, 2.24) is 5.32 Å². The molecule has 18 heavy (non-hydrogen) atoms. The van der Waals surface area contributed by atoms with Gasteiger partial charge in [0, 0.05) is 10.5 Å². The molecule has 1 aromatic rings. The number of hydrogen-bond donors (Lipinski definition) is 1. The van der Waals surface area contributed by atoms with Crippen molar-refractivity contribution >= 4 is 15.9 Å². The van der Waals surface area contributed by atoms with Gasteiger partial charge in [0.25, 0.3) is 0 Å². The van der Waals surface area contributed by atoms with Gasteiger partial charge in [-0.1, -0.05) is 43.6 Å². The number of benzene rings is 1. The normalized spacial score (nSPS) is 14.8. The highest BCUT2D eigenvalue weighted by molar-refractivity contribution is 9.10. The van der Waals surface area contributed by atoms with E-state index in [1.54, 1.807) is 6.07 Å². The van der Waals surface area contributed by atoms with Crippen molar-refractivity contribution in [3.63, 3.8) is 0 Å². The van der Waals surface area contributed by atoms with Crippen LogP contribution >= 0.6 is 15.9 Å². The topological polar surface area (TPSA) is 12.0 Å². The number of halogens is 2. The summed E-state index contributed by atoms with van der Waals surface area (Å²) in [5, 5.41) is 3.53. The van der Waals surface area contributed by atoms with Crippen molar-refractivity contribution < 1.29 is 4.39 Å². The first-order chi connectivity index (χ1) is 8.47. The van der Waals surface area contributed by atoms with Crippen molar-refractivity contribution in [3.05, 3.63) is 34.1 Å². The molecule has 1 N–H and O–H groups in total. The molecule has 0 aliphatic rings. The predicted molar refractivity (Wildman–Crippen MR) is 79.4 cm³/mol. The van der Waals surface area contributed by atoms with Crippen LogP contribution in [0.25, 0.3) is 0 Å². The van der Waals surface area contributed by atoms with Gasteiger partial charge in [-0.25, -0.2) is 4.39 Å². The monoisotopic (exact) mass is 315 g/mol. The number of hydrogen-bond acceptors (Lipinski definition) is 1. The van der Waals surface area contributed by atoms with E-state index in [1.165, 1.54) is 6.07 Å². The lowest BCUT2D eigenvalue weighted by Crippen LogP contribution is -2.39. The first kappa shape index (κ1) is 15.6. The van der Waals surface area contributed by atoms with Crippen LogP contribution in [-0.2, 0) is 0 Å². The lowest BCUT2D eigenvalue weighted by atomic mass is 9.86. The third-order valence-electron chi connectivity index (χ3n) is 3.34. The van der Waals surface area contributed by atoms with Crippen LogP contribution in [0.3, 0.4) is 0 Å². The molecule has 2 unspecified atom stereocenters. The van der Waals surface area contributed by atoms with E-state index in [-0.39, 0.29) is 11.7 Å². The minimum absolute atomic E-state index is 0.116. The second kappa shape index (κ2) is 7.25. The van der Waals surface area contributed by atoms with E-state index in [0.29, 0.717) is 12.0 Å². The quantitative estimate of drug-likeness (QED) is 0.801. The minimum atomic E-state index is -0.116. The van der Waals surface area contributed by atoms with Gasteiger partial charge in [-0.15, -0.1) is 0 Å². The largest absolute Gasteiger partial charge is 0.313 e. The van der Waals surface area contributed by atoms with Gasteiger partial charge in [-0.2, -0.15) is 0 Å². The Balaban J connectivity index is 2.93. The SMILES string of the molecule is CCCNC(C(C)C)C(C)c1cc(Br)ccc1F. The first-order valence-corrected chi connectivity index (χ1v) is 7.45. The molecule has 1 aromatic carbocycles. The van der Waals surface area contributed by atoms with Gasteiger partial charge in [0.05, 0.1) is 0 Å². The predicted octanol–water partition coefficient (Wildman–Crippen LogP) is 4.72. The molecule has 2 atom stereocenters. The highest BCUT2D eigenvalue weighted by atomic mass is 79.9. The van der Waals surface area contributed by atoms with E-state index in [0.717, 1.165) is 23.0 Å². The highest BCUT2D eigenvalue weighted by Crippen LogP contribution is 2.28. The molecule has 1 nitrogen and oxygen atoms in total. The fraction of sp³-hybridized carbons (Fsp3) is 0.600. The first-order valence-electron chi connectivity index (χ1n) is 6.65. The van der Waals surface area contributed by atoms with E-state index in [2.05, 4.69) is 48.9 Å². The van der Waals surface area contributed by atoms with Crippen LogP contribution in [0.2, 0.25) is 0 Å². The number of nitrogens with one attached hydrogen (secondary N) is 1. The fourth-order valence-corrected chi connectivity index (χ4v) is 2.74. The molecule has 0 spiro atoms. The summed E-state index contributed by atoms with van der Waals surface area (Å²) in [7, 11) is 0. The van der Waals surface area contributed by atoms with E-state index in [4.69, 9.17) is 0 Å². The van der Waals surface area contributed by atoms with Crippen molar-refractivity contribution in [2.45, 2.75) is 46.1 Å². The molecule has 0 aliphatic heterocycles. The van der Waals surface area contributed by atoms with Gasteiger partial charge in [-0.05, 0) is 48.6 Å². The fourth-order valence-electron chi connectivity index (χ4n) is 2.36. The Morgan fingerprint density at radius 1 is 1.28 bits per heavy atom. The summed E-state index contributed by atoms with van der Waals surface area (Å²) >= 11 is 3.42. The maximum atomic E-state index is 13.9. The molecule has 0 aliphatic carbocycles. The van der Waals surface area contributed by atoms with Crippen molar-refractivity contribution in [3.8, 4) is 0 Å². The lowest BCUT2D eigenvalue weighted by Gasteiger charge is -2.29. The molecule has 0 bridgehead atoms. The van der Waals surface area contributed by atoms with Gasteiger partial charge in [0.2, 0.25) is 0 Å². The Kier molecular flexibility index (Phi) is 6.30. The summed E-state index contributed by atoms with van der Waals surface area (Å²) in [5.74, 6) is 0.522. The molecule has 0 radical (unpaired) electrons. The molecule has 0 saturated heterocycles. The number of rotatable bonds is 6. The van der Waals surface area contributed by atoms with E-state index < -0.39 is 0 Å².